The summed E-state index contributed by atoms with van der Waals surface area (Å²) in [5.41, 5.74) is -2.23. The number of hydrogen-bond acceptors (Lipinski definition) is 6. The number of nitrogens with one attached hydrogen (secondary N) is 1. The number of fused-ring (bicyclic) bond motifs is 1. The zero-order chi connectivity index (χ0) is 17.5. The summed E-state index contributed by atoms with van der Waals surface area (Å²) >= 11 is 5.60. The minimum absolute atomic E-state index is 0.111. The van der Waals surface area contributed by atoms with E-state index < -0.39 is 22.4 Å². The van der Waals surface area contributed by atoms with Gasteiger partial charge in [-0.25, -0.2) is 4.63 Å². The number of aromatic nitrogens is 2. The van der Waals surface area contributed by atoms with Gasteiger partial charge in [0.1, 0.15) is 11.2 Å². The molecule has 3 rings (SSSR count). The molecule has 0 spiro atoms. The van der Waals surface area contributed by atoms with Crippen LogP contribution in [0.25, 0.3) is 11.0 Å². The van der Waals surface area contributed by atoms with Gasteiger partial charge < -0.3 is 5.32 Å². The molecule has 0 fully saturated rings. The Morgan fingerprint density at radius 1 is 1.17 bits per heavy atom. The summed E-state index contributed by atoms with van der Waals surface area (Å²) in [4.78, 5) is 10.5. The van der Waals surface area contributed by atoms with Crippen molar-refractivity contribution in [3.63, 3.8) is 0 Å². The monoisotopic (exact) mass is 358 g/mol. The molecular formula is C13H6ClF3N4O3. The highest BCUT2D eigenvalue weighted by Gasteiger charge is 2.34. The first-order chi connectivity index (χ1) is 11.3. The fourth-order valence-corrected chi connectivity index (χ4v) is 2.30. The lowest BCUT2D eigenvalue weighted by atomic mass is 10.1. The molecular weight excluding hydrogens is 353 g/mol. The van der Waals surface area contributed by atoms with E-state index in [9.17, 15) is 23.3 Å². The lowest BCUT2D eigenvalue weighted by Gasteiger charge is -2.15. The smallest absolute Gasteiger partial charge is 0.349 e. The molecule has 0 aliphatic rings. The maximum Gasteiger partial charge on any atom is 0.418 e. The van der Waals surface area contributed by atoms with Gasteiger partial charge in [-0.05, 0) is 40.6 Å². The number of alkyl halides is 3. The van der Waals surface area contributed by atoms with Crippen LogP contribution in [0.3, 0.4) is 0 Å². The second kappa shape index (κ2) is 5.64. The Balaban J connectivity index is 2.14. The Labute approximate surface area is 136 Å². The molecule has 124 valence electrons. The number of nitro groups is 1. The number of anilines is 2. The number of rotatable bonds is 3. The maximum atomic E-state index is 13.1. The molecule has 2 aromatic carbocycles. The number of benzene rings is 2. The highest BCUT2D eigenvalue weighted by molar-refractivity contribution is 6.30. The van der Waals surface area contributed by atoms with Gasteiger partial charge in [-0.2, -0.15) is 13.2 Å². The normalized spacial score (nSPS) is 11.7. The van der Waals surface area contributed by atoms with Crippen LogP contribution in [0.2, 0.25) is 5.02 Å². The lowest BCUT2D eigenvalue weighted by molar-refractivity contribution is -0.382. The van der Waals surface area contributed by atoms with Crippen molar-refractivity contribution in [3.8, 4) is 0 Å². The van der Waals surface area contributed by atoms with E-state index in [1.54, 1.807) is 0 Å². The first-order valence-corrected chi connectivity index (χ1v) is 6.68. The summed E-state index contributed by atoms with van der Waals surface area (Å²) in [6.45, 7) is 0. The van der Waals surface area contributed by atoms with E-state index >= 15 is 0 Å². The first kappa shape index (κ1) is 16.0. The molecule has 0 aliphatic carbocycles. The van der Waals surface area contributed by atoms with E-state index in [2.05, 4.69) is 20.3 Å². The van der Waals surface area contributed by atoms with Crippen LogP contribution in [0.1, 0.15) is 5.56 Å². The Hall–Kier alpha value is -2.88. The number of halogens is 4. The second-order valence-electron chi connectivity index (χ2n) is 4.66. The van der Waals surface area contributed by atoms with Crippen LogP contribution < -0.4 is 5.32 Å². The Bertz CT molecular complexity index is 942. The third-order valence-electron chi connectivity index (χ3n) is 3.14. The van der Waals surface area contributed by atoms with Gasteiger partial charge in [-0.3, -0.25) is 10.1 Å². The fraction of sp³-hybridized carbons (Fsp3) is 0.0769. The Morgan fingerprint density at radius 2 is 1.88 bits per heavy atom. The van der Waals surface area contributed by atoms with Gasteiger partial charge in [0, 0.05) is 5.02 Å². The minimum atomic E-state index is -4.69. The molecule has 1 heterocycles. The zero-order valence-corrected chi connectivity index (χ0v) is 12.2. The van der Waals surface area contributed by atoms with Gasteiger partial charge in [-0.1, -0.05) is 11.6 Å². The highest BCUT2D eigenvalue weighted by atomic mass is 35.5. The Kier molecular flexibility index (Phi) is 3.76. The molecule has 1 N–H and O–H groups in total. The van der Waals surface area contributed by atoms with E-state index in [0.717, 1.165) is 12.1 Å². The summed E-state index contributed by atoms with van der Waals surface area (Å²) in [5.74, 6) is 0. The third-order valence-corrected chi connectivity index (χ3v) is 3.38. The van der Waals surface area contributed by atoms with Crippen LogP contribution in [0.4, 0.5) is 30.2 Å². The van der Waals surface area contributed by atoms with Crippen molar-refractivity contribution in [1.82, 2.24) is 10.3 Å². The van der Waals surface area contributed by atoms with Crippen LogP contribution in [0.5, 0.6) is 0 Å². The SMILES string of the molecule is O=[N+]([O-])c1c(Nc2ccc(Cl)cc2C(F)(F)F)ccc2nonc12. The Morgan fingerprint density at radius 3 is 2.54 bits per heavy atom. The van der Waals surface area contributed by atoms with E-state index in [1.165, 1.54) is 18.2 Å². The molecule has 0 saturated carbocycles. The van der Waals surface area contributed by atoms with Crippen LogP contribution in [-0.2, 0) is 6.18 Å². The average Bonchev–Trinajstić information content (AvgIpc) is 2.95. The molecule has 0 aliphatic heterocycles. The lowest BCUT2D eigenvalue weighted by Crippen LogP contribution is -2.09. The van der Waals surface area contributed by atoms with Gasteiger partial charge >= 0.3 is 11.9 Å². The summed E-state index contributed by atoms with van der Waals surface area (Å²) in [6, 6.07) is 5.61. The van der Waals surface area contributed by atoms with Gasteiger partial charge in [-0.15, -0.1) is 0 Å². The fourth-order valence-electron chi connectivity index (χ4n) is 2.13. The summed E-state index contributed by atoms with van der Waals surface area (Å²) in [5, 5.41) is 20.4. The van der Waals surface area contributed by atoms with E-state index in [1.807, 2.05) is 0 Å². The third kappa shape index (κ3) is 2.83. The molecule has 11 heteroatoms. The van der Waals surface area contributed by atoms with Crippen LogP contribution in [0.15, 0.2) is 35.0 Å². The van der Waals surface area contributed by atoms with Crippen molar-refractivity contribution >= 4 is 39.7 Å². The first-order valence-electron chi connectivity index (χ1n) is 6.31. The van der Waals surface area contributed by atoms with Gasteiger partial charge in [0.25, 0.3) is 0 Å². The molecule has 24 heavy (non-hydrogen) atoms. The van der Waals surface area contributed by atoms with Crippen molar-refractivity contribution < 1.29 is 22.7 Å². The highest BCUT2D eigenvalue weighted by Crippen LogP contribution is 2.40. The number of nitrogens with zero attached hydrogens (tertiary/aromatic N) is 3. The molecule has 7 nitrogen and oxygen atoms in total. The van der Waals surface area contributed by atoms with E-state index in [-0.39, 0.29) is 27.4 Å². The predicted octanol–water partition coefficient (Wildman–Crippen LogP) is 4.55. The van der Waals surface area contributed by atoms with Crippen LogP contribution >= 0.6 is 11.6 Å². The molecule has 3 aromatic rings. The molecule has 0 amide bonds. The minimum Gasteiger partial charge on any atom is -0.349 e. The molecule has 0 saturated heterocycles. The van der Waals surface area contributed by atoms with Crippen LogP contribution in [0, 0.1) is 10.1 Å². The van der Waals surface area contributed by atoms with Crippen molar-refractivity contribution in [3.05, 3.63) is 51.0 Å². The maximum absolute atomic E-state index is 13.1. The largest absolute Gasteiger partial charge is 0.418 e. The zero-order valence-electron chi connectivity index (χ0n) is 11.5. The second-order valence-corrected chi connectivity index (χ2v) is 5.10. The van der Waals surface area contributed by atoms with E-state index in [0.29, 0.717) is 0 Å². The number of hydrogen-bond donors (Lipinski definition) is 1. The number of nitro benzene ring substituents is 1. The van der Waals surface area contributed by atoms with Gasteiger partial charge in [0.2, 0.25) is 5.52 Å². The molecule has 0 atom stereocenters. The average molecular weight is 359 g/mol. The molecule has 0 radical (unpaired) electrons. The van der Waals surface area contributed by atoms with Crippen molar-refractivity contribution in [2.75, 3.05) is 5.32 Å². The topological polar surface area (TPSA) is 94.1 Å². The summed E-state index contributed by atoms with van der Waals surface area (Å²) < 4.78 is 43.8. The van der Waals surface area contributed by atoms with Crippen molar-refractivity contribution in [2.45, 2.75) is 6.18 Å². The molecule has 0 bridgehead atoms. The van der Waals surface area contributed by atoms with Gasteiger partial charge in [0.15, 0.2) is 0 Å². The quantitative estimate of drug-likeness (QED) is 0.545. The standard InChI is InChI=1S/C13H6ClF3N4O3/c14-6-1-2-8(7(5-6)13(15,16)17)18-10-4-3-9-11(20-24-19-9)12(10)21(22)23/h1-5,18H. The van der Waals surface area contributed by atoms with Crippen LogP contribution in [-0.4, -0.2) is 15.2 Å². The van der Waals surface area contributed by atoms with E-state index in [4.69, 9.17) is 11.6 Å². The predicted molar refractivity (Wildman–Crippen MR) is 78.2 cm³/mol. The molecule has 1 aromatic heterocycles. The summed E-state index contributed by atoms with van der Waals surface area (Å²) in [6.07, 6.45) is -4.69. The summed E-state index contributed by atoms with van der Waals surface area (Å²) in [7, 11) is 0. The van der Waals surface area contributed by atoms with Gasteiger partial charge in [0.05, 0.1) is 16.2 Å². The van der Waals surface area contributed by atoms with Crippen molar-refractivity contribution in [1.29, 1.82) is 0 Å². The van der Waals surface area contributed by atoms with Crippen molar-refractivity contribution in [2.24, 2.45) is 0 Å². The molecule has 0 unspecified atom stereocenters.